The number of hydrogen-bond donors (Lipinski definition) is 0. The van der Waals surface area contributed by atoms with E-state index in [4.69, 9.17) is 0 Å². The molecule has 0 aliphatic carbocycles. The minimum absolute atomic E-state index is 1.07. The summed E-state index contributed by atoms with van der Waals surface area (Å²) in [5.41, 5.74) is 2.37. The standard InChI is InChI=1S/C14H9Br2N/c15-11-7-12(16)9-13(8-11)17-6-5-10-3-1-2-4-14(10)17/h1-9H. The van der Waals surface area contributed by atoms with E-state index in [1.165, 1.54) is 10.9 Å². The lowest BCUT2D eigenvalue weighted by atomic mass is 10.2. The van der Waals surface area contributed by atoms with Crippen LogP contribution in [0, 0.1) is 0 Å². The van der Waals surface area contributed by atoms with Crippen molar-refractivity contribution >= 4 is 42.8 Å². The third kappa shape index (κ3) is 2.05. The second-order valence-corrected chi connectivity index (χ2v) is 5.70. The number of para-hydroxylation sites is 1. The predicted molar refractivity (Wildman–Crippen MR) is 78.7 cm³/mol. The molecular weight excluding hydrogens is 342 g/mol. The van der Waals surface area contributed by atoms with Crippen molar-refractivity contribution in [1.29, 1.82) is 0 Å². The quantitative estimate of drug-likeness (QED) is 0.571. The van der Waals surface area contributed by atoms with Crippen LogP contribution in [0.2, 0.25) is 0 Å². The molecule has 0 saturated carbocycles. The first-order valence-corrected chi connectivity index (χ1v) is 6.85. The van der Waals surface area contributed by atoms with Gasteiger partial charge in [0.25, 0.3) is 0 Å². The highest BCUT2D eigenvalue weighted by Crippen LogP contribution is 2.26. The van der Waals surface area contributed by atoms with Crippen molar-refractivity contribution in [2.75, 3.05) is 0 Å². The summed E-state index contributed by atoms with van der Waals surface area (Å²) < 4.78 is 4.32. The highest BCUT2D eigenvalue weighted by molar-refractivity contribution is 9.11. The Morgan fingerprint density at radius 1 is 0.824 bits per heavy atom. The maximum Gasteiger partial charge on any atom is 0.0528 e. The fraction of sp³-hybridized carbons (Fsp3) is 0. The van der Waals surface area contributed by atoms with Crippen LogP contribution >= 0.6 is 31.9 Å². The first-order chi connectivity index (χ1) is 8.24. The van der Waals surface area contributed by atoms with Gasteiger partial charge in [-0.3, -0.25) is 0 Å². The summed E-state index contributed by atoms with van der Waals surface area (Å²) in [5, 5.41) is 1.25. The smallest absolute Gasteiger partial charge is 0.0528 e. The Bertz CT molecular complexity index is 665. The summed E-state index contributed by atoms with van der Waals surface area (Å²) in [5.74, 6) is 0. The number of aromatic nitrogens is 1. The molecule has 0 aliphatic rings. The number of halogens is 2. The van der Waals surface area contributed by atoms with Gasteiger partial charge in [-0.25, -0.2) is 0 Å². The molecule has 17 heavy (non-hydrogen) atoms. The monoisotopic (exact) mass is 349 g/mol. The summed E-state index contributed by atoms with van der Waals surface area (Å²) in [7, 11) is 0. The second kappa shape index (κ2) is 4.31. The molecule has 84 valence electrons. The van der Waals surface area contributed by atoms with Gasteiger partial charge in [0.05, 0.1) is 5.52 Å². The van der Waals surface area contributed by atoms with Crippen molar-refractivity contribution < 1.29 is 0 Å². The summed E-state index contributed by atoms with van der Waals surface area (Å²) >= 11 is 7.04. The molecule has 0 aliphatic heterocycles. The van der Waals surface area contributed by atoms with Gasteiger partial charge >= 0.3 is 0 Å². The van der Waals surface area contributed by atoms with Crippen molar-refractivity contribution in [3.8, 4) is 5.69 Å². The molecule has 3 aromatic rings. The molecule has 0 bridgehead atoms. The molecule has 0 atom stereocenters. The highest BCUT2D eigenvalue weighted by Gasteiger charge is 2.04. The van der Waals surface area contributed by atoms with Crippen LogP contribution in [0.15, 0.2) is 63.7 Å². The van der Waals surface area contributed by atoms with E-state index in [-0.39, 0.29) is 0 Å². The van der Waals surface area contributed by atoms with Crippen LogP contribution in [0.4, 0.5) is 0 Å². The van der Waals surface area contributed by atoms with Gasteiger partial charge in [-0.15, -0.1) is 0 Å². The maximum absolute atomic E-state index is 3.52. The Morgan fingerprint density at radius 3 is 2.29 bits per heavy atom. The molecular formula is C14H9Br2N. The van der Waals surface area contributed by atoms with E-state index in [9.17, 15) is 0 Å². The van der Waals surface area contributed by atoms with Gasteiger partial charge < -0.3 is 4.57 Å². The van der Waals surface area contributed by atoms with Gasteiger partial charge in [0.2, 0.25) is 0 Å². The van der Waals surface area contributed by atoms with Crippen LogP contribution in [-0.2, 0) is 0 Å². The molecule has 0 N–H and O–H groups in total. The molecule has 3 rings (SSSR count). The predicted octanol–water partition coefficient (Wildman–Crippen LogP) is 5.16. The van der Waals surface area contributed by atoms with Crippen LogP contribution in [0.3, 0.4) is 0 Å². The fourth-order valence-corrected chi connectivity index (χ4v) is 3.26. The number of fused-ring (bicyclic) bond motifs is 1. The van der Waals surface area contributed by atoms with Gasteiger partial charge in [0.1, 0.15) is 0 Å². The first kappa shape index (κ1) is 11.1. The lowest BCUT2D eigenvalue weighted by Crippen LogP contribution is -1.91. The summed E-state index contributed by atoms with van der Waals surface area (Å²) in [6.07, 6.45) is 2.10. The minimum atomic E-state index is 1.07. The number of nitrogens with zero attached hydrogens (tertiary/aromatic N) is 1. The van der Waals surface area contributed by atoms with Crippen molar-refractivity contribution in [2.45, 2.75) is 0 Å². The Hall–Kier alpha value is -1.06. The van der Waals surface area contributed by atoms with E-state index < -0.39 is 0 Å². The van der Waals surface area contributed by atoms with Gasteiger partial charge in [-0.2, -0.15) is 0 Å². The first-order valence-electron chi connectivity index (χ1n) is 5.26. The largest absolute Gasteiger partial charge is 0.316 e. The normalized spacial score (nSPS) is 10.9. The van der Waals surface area contributed by atoms with Gasteiger partial charge in [-0.1, -0.05) is 50.1 Å². The number of hydrogen-bond acceptors (Lipinski definition) is 0. The maximum atomic E-state index is 3.52. The molecule has 0 spiro atoms. The molecule has 0 saturated heterocycles. The summed E-state index contributed by atoms with van der Waals surface area (Å²) in [6, 6.07) is 16.8. The average molecular weight is 351 g/mol. The van der Waals surface area contributed by atoms with E-state index in [1.54, 1.807) is 0 Å². The van der Waals surface area contributed by atoms with Crippen molar-refractivity contribution in [3.05, 3.63) is 63.7 Å². The van der Waals surface area contributed by atoms with E-state index in [0.29, 0.717) is 0 Å². The van der Waals surface area contributed by atoms with Crippen molar-refractivity contribution in [2.24, 2.45) is 0 Å². The van der Waals surface area contributed by atoms with Crippen molar-refractivity contribution in [3.63, 3.8) is 0 Å². The van der Waals surface area contributed by atoms with Gasteiger partial charge in [-0.05, 0) is 35.7 Å². The lowest BCUT2D eigenvalue weighted by Gasteiger charge is -2.07. The van der Waals surface area contributed by atoms with Gasteiger partial charge in [0.15, 0.2) is 0 Å². The molecule has 2 aromatic carbocycles. The lowest BCUT2D eigenvalue weighted by molar-refractivity contribution is 1.12. The SMILES string of the molecule is Brc1cc(Br)cc(-n2ccc3ccccc32)c1. The zero-order valence-electron chi connectivity index (χ0n) is 8.90. The fourth-order valence-electron chi connectivity index (χ4n) is 1.99. The number of rotatable bonds is 1. The zero-order chi connectivity index (χ0) is 11.8. The molecule has 0 unspecified atom stereocenters. The summed E-state index contributed by atoms with van der Waals surface area (Å²) in [4.78, 5) is 0. The van der Waals surface area contributed by atoms with E-state index >= 15 is 0 Å². The molecule has 1 nitrogen and oxygen atoms in total. The van der Waals surface area contributed by atoms with Crippen LogP contribution in [0.5, 0.6) is 0 Å². The van der Waals surface area contributed by atoms with E-state index in [2.05, 4.69) is 85.1 Å². The van der Waals surface area contributed by atoms with Crippen LogP contribution in [-0.4, -0.2) is 4.57 Å². The highest BCUT2D eigenvalue weighted by atomic mass is 79.9. The Labute approximate surface area is 116 Å². The van der Waals surface area contributed by atoms with Crippen LogP contribution in [0.25, 0.3) is 16.6 Å². The molecule has 0 fully saturated rings. The van der Waals surface area contributed by atoms with E-state index in [1.807, 2.05) is 6.07 Å². The van der Waals surface area contributed by atoms with E-state index in [0.717, 1.165) is 14.6 Å². The topological polar surface area (TPSA) is 4.93 Å². The molecule has 1 aromatic heterocycles. The van der Waals surface area contributed by atoms with Crippen molar-refractivity contribution in [1.82, 2.24) is 4.57 Å². The number of benzene rings is 2. The zero-order valence-corrected chi connectivity index (χ0v) is 12.1. The molecule has 0 radical (unpaired) electrons. The second-order valence-electron chi connectivity index (χ2n) is 3.87. The third-order valence-corrected chi connectivity index (χ3v) is 3.64. The Morgan fingerprint density at radius 2 is 1.53 bits per heavy atom. The summed E-state index contributed by atoms with van der Waals surface area (Å²) in [6.45, 7) is 0. The van der Waals surface area contributed by atoms with Crippen LogP contribution in [0.1, 0.15) is 0 Å². The third-order valence-electron chi connectivity index (χ3n) is 2.72. The molecule has 1 heterocycles. The molecule has 0 amide bonds. The Kier molecular flexibility index (Phi) is 2.81. The molecule has 3 heteroatoms. The van der Waals surface area contributed by atoms with Crippen LogP contribution < -0.4 is 0 Å². The van der Waals surface area contributed by atoms with Gasteiger partial charge in [0, 0.05) is 20.8 Å². The average Bonchev–Trinajstić information content (AvgIpc) is 2.71. The minimum Gasteiger partial charge on any atom is -0.316 e. The Balaban J connectivity index is 2.27.